The van der Waals surface area contributed by atoms with Crippen molar-refractivity contribution in [1.82, 2.24) is 0 Å². The van der Waals surface area contributed by atoms with E-state index in [1.807, 2.05) is 6.92 Å². The molecule has 0 spiro atoms. The van der Waals surface area contributed by atoms with Crippen molar-refractivity contribution in [3.8, 4) is 0 Å². The molecule has 8 saturated carbocycles. The van der Waals surface area contributed by atoms with E-state index in [4.69, 9.17) is 14.2 Å². The molecule has 2 aliphatic heterocycles. The van der Waals surface area contributed by atoms with Crippen LogP contribution < -0.4 is 0 Å². The molecule has 14 unspecified atom stereocenters. The van der Waals surface area contributed by atoms with Gasteiger partial charge < -0.3 is 14.2 Å². The maximum Gasteiger partial charge on any atom is 0.317 e. The summed E-state index contributed by atoms with van der Waals surface area (Å²) in [6.45, 7) is 11.5. The number of hydrogen-bond donors (Lipinski definition) is 0. The van der Waals surface area contributed by atoms with E-state index in [0.717, 1.165) is 49.9 Å². The number of carbonyl (C=O) groups excluding carboxylic acids is 4. The fourth-order valence-corrected chi connectivity index (χ4v) is 15.4. The monoisotopic (exact) mass is 648 g/mol. The molecule has 14 atom stereocenters. The van der Waals surface area contributed by atoms with E-state index in [2.05, 4.69) is 27.7 Å². The molecule has 10 fully saturated rings. The molecule has 0 N–H and O–H groups in total. The lowest BCUT2D eigenvalue weighted by Crippen LogP contribution is -2.61. The van der Waals surface area contributed by atoms with Crippen LogP contribution >= 0.6 is 0 Å². The molecule has 2 saturated heterocycles. The van der Waals surface area contributed by atoms with Gasteiger partial charge in [0.15, 0.2) is 0 Å². The molecular weight excluding hydrogens is 592 g/mol. The Labute approximate surface area is 280 Å². The van der Waals surface area contributed by atoms with Gasteiger partial charge in [-0.1, -0.05) is 27.7 Å². The Morgan fingerprint density at radius 1 is 0.851 bits per heavy atom. The van der Waals surface area contributed by atoms with Crippen LogP contribution in [-0.2, 0) is 33.4 Å². The predicted octanol–water partition coefficient (Wildman–Crippen LogP) is 6.86. The number of esters is 4. The number of hydrogen-bond acceptors (Lipinski definition) is 7. The molecule has 2 heterocycles. The number of rotatable bonds is 8. The summed E-state index contributed by atoms with van der Waals surface area (Å²) in [5, 5.41) is 0. The maximum atomic E-state index is 15.3. The summed E-state index contributed by atoms with van der Waals surface area (Å²) in [7, 11) is 0. The van der Waals surface area contributed by atoms with Gasteiger partial charge in [-0.15, -0.1) is 0 Å². The highest BCUT2D eigenvalue weighted by atomic mass is 16.6. The molecule has 7 heteroatoms. The molecule has 7 nitrogen and oxygen atoms in total. The van der Waals surface area contributed by atoms with Crippen molar-refractivity contribution in [1.29, 1.82) is 0 Å². The van der Waals surface area contributed by atoms with E-state index < -0.39 is 23.4 Å². The fourth-order valence-electron chi connectivity index (χ4n) is 15.4. The van der Waals surface area contributed by atoms with Crippen LogP contribution in [0.4, 0.5) is 0 Å². The largest absolute Gasteiger partial charge is 0.465 e. The molecule has 258 valence electrons. The second kappa shape index (κ2) is 10.5. The number of cyclic esters (lactones) is 3. The van der Waals surface area contributed by atoms with Gasteiger partial charge in [-0.05, 0) is 149 Å². The Morgan fingerprint density at radius 3 is 2.13 bits per heavy atom. The minimum Gasteiger partial charge on any atom is -0.465 e. The molecule has 10 aliphatic rings. The summed E-state index contributed by atoms with van der Waals surface area (Å²) in [5.41, 5.74) is -0.507. The Balaban J connectivity index is 1.08. The molecule has 47 heavy (non-hydrogen) atoms. The van der Waals surface area contributed by atoms with E-state index in [1.54, 1.807) is 0 Å². The van der Waals surface area contributed by atoms with Crippen molar-refractivity contribution >= 4 is 23.9 Å². The van der Waals surface area contributed by atoms with E-state index in [9.17, 15) is 14.4 Å². The first-order valence-electron chi connectivity index (χ1n) is 19.5. The van der Waals surface area contributed by atoms with Gasteiger partial charge in [0.05, 0.1) is 30.3 Å². The number of ether oxygens (including phenoxy) is 3. The normalized spacial score (nSPS) is 52.2. The topological polar surface area (TPSA) is 96.0 Å². The quantitative estimate of drug-likeness (QED) is 0.161. The van der Waals surface area contributed by atoms with Gasteiger partial charge in [-0.3, -0.25) is 19.2 Å². The Bertz CT molecular complexity index is 1330. The average molecular weight is 649 g/mol. The predicted molar refractivity (Wildman–Crippen MR) is 172 cm³/mol. The number of fused-ring (bicyclic) bond motifs is 7. The molecular formula is C40H56O7. The molecule has 10 rings (SSSR count). The lowest BCUT2D eigenvalue weighted by atomic mass is 9.44. The zero-order valence-electron chi connectivity index (χ0n) is 29.2. The van der Waals surface area contributed by atoms with Crippen LogP contribution in [0.5, 0.6) is 0 Å². The minimum absolute atomic E-state index is 0.0152. The molecule has 0 aromatic heterocycles. The van der Waals surface area contributed by atoms with E-state index in [-0.39, 0.29) is 58.8 Å². The third-order valence-corrected chi connectivity index (χ3v) is 17.3. The smallest absolute Gasteiger partial charge is 0.317 e. The van der Waals surface area contributed by atoms with Gasteiger partial charge in [0.25, 0.3) is 0 Å². The first-order chi connectivity index (χ1) is 22.4. The summed E-state index contributed by atoms with van der Waals surface area (Å²) < 4.78 is 18.0. The summed E-state index contributed by atoms with van der Waals surface area (Å²) in [5.74, 6) is 2.73. The third kappa shape index (κ3) is 4.28. The van der Waals surface area contributed by atoms with E-state index >= 15 is 4.79 Å². The van der Waals surface area contributed by atoms with Crippen LogP contribution in [0.1, 0.15) is 105 Å². The van der Waals surface area contributed by atoms with Crippen LogP contribution in [0.2, 0.25) is 0 Å². The van der Waals surface area contributed by atoms with Gasteiger partial charge in [0.2, 0.25) is 0 Å². The van der Waals surface area contributed by atoms with Crippen molar-refractivity contribution in [2.24, 2.45) is 106 Å². The summed E-state index contributed by atoms with van der Waals surface area (Å²) in [4.78, 5) is 54.1. The summed E-state index contributed by atoms with van der Waals surface area (Å²) in [6.07, 6.45) is 12.5. The third-order valence-electron chi connectivity index (χ3n) is 17.3. The highest BCUT2D eigenvalue weighted by Gasteiger charge is 2.66. The SMILES string of the molecule is CC1C(=O)OC(=O)C1C1C2CCC(C2)C1C(CC1C(C)C2CC1C1COC(=O)C21)C(=O)OC(C)(C(C)C)C12CC3CC(CC(C3)C1)C2. The van der Waals surface area contributed by atoms with Crippen LogP contribution in [0, 0.1) is 106 Å². The zero-order valence-corrected chi connectivity index (χ0v) is 29.2. The Hall–Kier alpha value is -1.92. The lowest BCUT2D eigenvalue weighted by Gasteiger charge is -2.63. The van der Waals surface area contributed by atoms with Crippen molar-refractivity contribution < 1.29 is 33.4 Å². The van der Waals surface area contributed by atoms with Crippen LogP contribution in [-0.4, -0.2) is 36.1 Å². The highest BCUT2D eigenvalue weighted by Crippen LogP contribution is 2.68. The van der Waals surface area contributed by atoms with Crippen LogP contribution in [0.3, 0.4) is 0 Å². The Kier molecular flexibility index (Phi) is 6.98. The van der Waals surface area contributed by atoms with Crippen LogP contribution in [0.25, 0.3) is 0 Å². The molecule has 8 bridgehead atoms. The van der Waals surface area contributed by atoms with Gasteiger partial charge in [-0.2, -0.15) is 0 Å². The van der Waals surface area contributed by atoms with Gasteiger partial charge in [-0.25, -0.2) is 0 Å². The maximum absolute atomic E-state index is 15.3. The first-order valence-corrected chi connectivity index (χ1v) is 19.5. The molecule has 0 aromatic carbocycles. The highest BCUT2D eigenvalue weighted by molar-refractivity contribution is 5.96. The molecule has 0 aromatic rings. The summed E-state index contributed by atoms with van der Waals surface area (Å²) in [6, 6.07) is 0. The van der Waals surface area contributed by atoms with Crippen LogP contribution in [0.15, 0.2) is 0 Å². The van der Waals surface area contributed by atoms with E-state index in [0.29, 0.717) is 42.1 Å². The van der Waals surface area contributed by atoms with Crippen molar-refractivity contribution in [3.63, 3.8) is 0 Å². The standard InChI is InChI=1S/C40H56O7/c1-18(2)39(5,40-14-21-8-22(15-40)10-23(9-21)16-40)47-36(42)29(12-26-19(3)27-13-28(26)30-17-45-37(43)34(27)30)32-24-6-7-25(11-24)33(32)31-20(4)35(41)46-38(31)44/h18-34H,6-17H2,1-5H3. The number of carbonyl (C=O) groups is 4. The van der Waals surface area contributed by atoms with Crippen molar-refractivity contribution in [3.05, 3.63) is 0 Å². The molecule has 0 amide bonds. The van der Waals surface area contributed by atoms with Gasteiger partial charge in [0.1, 0.15) is 5.60 Å². The minimum atomic E-state index is -0.544. The lowest BCUT2D eigenvalue weighted by molar-refractivity contribution is -0.223. The van der Waals surface area contributed by atoms with Crippen molar-refractivity contribution in [2.75, 3.05) is 6.61 Å². The zero-order chi connectivity index (χ0) is 32.7. The van der Waals surface area contributed by atoms with Gasteiger partial charge in [0, 0.05) is 11.3 Å². The first kappa shape index (κ1) is 31.1. The van der Waals surface area contributed by atoms with Crippen molar-refractivity contribution in [2.45, 2.75) is 111 Å². The second-order valence-corrected chi connectivity index (χ2v) is 19.2. The fraction of sp³-hybridized carbons (Fsp3) is 0.900. The molecule has 0 radical (unpaired) electrons. The van der Waals surface area contributed by atoms with Gasteiger partial charge >= 0.3 is 23.9 Å². The average Bonchev–Trinajstić information content (AvgIpc) is 3.85. The summed E-state index contributed by atoms with van der Waals surface area (Å²) >= 11 is 0. The Morgan fingerprint density at radius 2 is 1.51 bits per heavy atom. The second-order valence-electron chi connectivity index (χ2n) is 19.2. The molecule has 8 aliphatic carbocycles. The van der Waals surface area contributed by atoms with E-state index in [1.165, 1.54) is 38.5 Å².